The summed E-state index contributed by atoms with van der Waals surface area (Å²) in [5.74, 6) is 1.14. The Morgan fingerprint density at radius 1 is 1.62 bits per heavy atom. The van der Waals surface area contributed by atoms with Crippen LogP contribution in [0, 0.1) is 5.92 Å². The fourth-order valence-electron chi connectivity index (χ4n) is 2.23. The maximum absolute atomic E-state index is 12.2. The number of aromatic nitrogens is 1. The van der Waals surface area contributed by atoms with Crippen molar-refractivity contribution in [2.75, 3.05) is 29.9 Å². The molecule has 2 amide bonds. The molecule has 7 heteroatoms. The Kier molecular flexibility index (Phi) is 6.25. The Balaban J connectivity index is 1.83. The molecular weight excluding hydrogens is 306 g/mol. The van der Waals surface area contributed by atoms with Gasteiger partial charge in [0.25, 0.3) is 0 Å². The molecule has 1 unspecified atom stereocenters. The van der Waals surface area contributed by atoms with Gasteiger partial charge in [0.1, 0.15) is 0 Å². The number of thioether (sulfide) groups is 1. The van der Waals surface area contributed by atoms with Gasteiger partial charge in [0, 0.05) is 30.4 Å². The summed E-state index contributed by atoms with van der Waals surface area (Å²) in [4.78, 5) is 30.1. The SMILES string of the molecule is C=CCSCC(=O)N1CCCC(C(=O)Nc2nccs2)C1. The van der Waals surface area contributed by atoms with E-state index in [0.717, 1.165) is 25.1 Å². The summed E-state index contributed by atoms with van der Waals surface area (Å²) in [6.07, 6.45) is 5.14. The number of hydrogen-bond donors (Lipinski definition) is 1. The van der Waals surface area contributed by atoms with Crippen molar-refractivity contribution in [2.45, 2.75) is 12.8 Å². The first-order valence-electron chi connectivity index (χ1n) is 6.87. The van der Waals surface area contributed by atoms with E-state index in [1.165, 1.54) is 11.3 Å². The summed E-state index contributed by atoms with van der Waals surface area (Å²) in [6, 6.07) is 0. The van der Waals surface area contributed by atoms with Gasteiger partial charge in [-0.25, -0.2) is 4.98 Å². The summed E-state index contributed by atoms with van der Waals surface area (Å²) in [6.45, 7) is 4.89. The number of hydrogen-bond acceptors (Lipinski definition) is 5. The van der Waals surface area contributed by atoms with E-state index in [9.17, 15) is 9.59 Å². The van der Waals surface area contributed by atoms with Crippen LogP contribution in [0.1, 0.15) is 12.8 Å². The Labute approximate surface area is 132 Å². The zero-order chi connectivity index (χ0) is 15.1. The summed E-state index contributed by atoms with van der Waals surface area (Å²) in [7, 11) is 0. The van der Waals surface area contributed by atoms with Crippen LogP contribution < -0.4 is 5.32 Å². The molecule has 5 nitrogen and oxygen atoms in total. The van der Waals surface area contributed by atoms with Gasteiger partial charge < -0.3 is 10.2 Å². The van der Waals surface area contributed by atoms with E-state index in [1.807, 2.05) is 5.38 Å². The van der Waals surface area contributed by atoms with Crippen molar-refractivity contribution >= 4 is 40.0 Å². The van der Waals surface area contributed by atoms with Crippen molar-refractivity contribution in [3.63, 3.8) is 0 Å². The van der Waals surface area contributed by atoms with Crippen molar-refractivity contribution in [2.24, 2.45) is 5.92 Å². The Bertz CT molecular complexity index is 490. The van der Waals surface area contributed by atoms with Gasteiger partial charge in [-0.05, 0) is 12.8 Å². The second-order valence-corrected chi connectivity index (χ2v) is 6.73. The monoisotopic (exact) mass is 325 g/mol. The molecule has 0 spiro atoms. The molecule has 1 aliphatic rings. The largest absolute Gasteiger partial charge is 0.341 e. The van der Waals surface area contributed by atoms with E-state index in [0.29, 0.717) is 17.4 Å². The highest BCUT2D eigenvalue weighted by Crippen LogP contribution is 2.20. The van der Waals surface area contributed by atoms with Gasteiger partial charge in [0.05, 0.1) is 11.7 Å². The van der Waals surface area contributed by atoms with Gasteiger partial charge in [-0.1, -0.05) is 6.08 Å². The average Bonchev–Trinajstić information content (AvgIpc) is 3.00. The molecule has 0 saturated carbocycles. The average molecular weight is 325 g/mol. The quantitative estimate of drug-likeness (QED) is 0.643. The fraction of sp³-hybridized carbons (Fsp3) is 0.500. The minimum atomic E-state index is -0.143. The second-order valence-electron chi connectivity index (χ2n) is 4.81. The molecule has 1 aromatic rings. The van der Waals surface area contributed by atoms with E-state index in [4.69, 9.17) is 0 Å². The van der Waals surface area contributed by atoms with Crippen LogP contribution in [0.15, 0.2) is 24.2 Å². The predicted octanol–water partition coefficient (Wildman–Crippen LogP) is 2.24. The molecule has 1 aromatic heterocycles. The summed E-state index contributed by atoms with van der Waals surface area (Å²) in [5, 5.41) is 5.25. The standard InChI is InChI=1S/C14H19N3O2S2/c1-2-7-20-10-12(18)17-6-3-4-11(9-17)13(19)16-14-15-5-8-21-14/h2,5,8,11H,1,3-4,6-7,9-10H2,(H,15,16,19). The van der Waals surface area contributed by atoms with Crippen molar-refractivity contribution in [1.29, 1.82) is 0 Å². The number of nitrogens with one attached hydrogen (secondary N) is 1. The van der Waals surface area contributed by atoms with E-state index in [2.05, 4.69) is 16.9 Å². The summed E-state index contributed by atoms with van der Waals surface area (Å²) >= 11 is 2.95. The molecule has 0 bridgehead atoms. The topological polar surface area (TPSA) is 62.3 Å². The number of amides is 2. The van der Waals surface area contributed by atoms with E-state index in [1.54, 1.807) is 28.9 Å². The van der Waals surface area contributed by atoms with Gasteiger partial charge in [0.2, 0.25) is 11.8 Å². The molecule has 2 rings (SSSR count). The lowest BCUT2D eigenvalue weighted by atomic mass is 9.97. The van der Waals surface area contributed by atoms with E-state index in [-0.39, 0.29) is 17.7 Å². The molecule has 0 aliphatic carbocycles. The number of carbonyl (C=O) groups excluding carboxylic acids is 2. The zero-order valence-electron chi connectivity index (χ0n) is 11.8. The molecule has 1 fully saturated rings. The molecule has 0 radical (unpaired) electrons. The molecule has 2 heterocycles. The lowest BCUT2D eigenvalue weighted by Gasteiger charge is -2.31. The number of thiazole rings is 1. The lowest BCUT2D eigenvalue weighted by Crippen LogP contribution is -2.44. The molecule has 1 saturated heterocycles. The third-order valence-corrected chi connectivity index (χ3v) is 4.88. The van der Waals surface area contributed by atoms with E-state index < -0.39 is 0 Å². The third kappa shape index (κ3) is 4.86. The Morgan fingerprint density at radius 2 is 2.48 bits per heavy atom. The Morgan fingerprint density at radius 3 is 3.19 bits per heavy atom. The van der Waals surface area contributed by atoms with Crippen LogP contribution in [0.2, 0.25) is 0 Å². The maximum Gasteiger partial charge on any atom is 0.232 e. The smallest absolute Gasteiger partial charge is 0.232 e. The van der Waals surface area contributed by atoms with Crippen LogP contribution in [0.3, 0.4) is 0 Å². The fourth-order valence-corrected chi connectivity index (χ4v) is 3.40. The van der Waals surface area contributed by atoms with Crippen LogP contribution in [0.4, 0.5) is 5.13 Å². The van der Waals surface area contributed by atoms with Gasteiger partial charge in [-0.15, -0.1) is 29.7 Å². The molecule has 1 atom stereocenters. The first kappa shape index (κ1) is 16.0. The van der Waals surface area contributed by atoms with Crippen LogP contribution >= 0.6 is 23.1 Å². The van der Waals surface area contributed by atoms with Crippen LogP contribution in [0.25, 0.3) is 0 Å². The molecule has 1 aliphatic heterocycles. The minimum Gasteiger partial charge on any atom is -0.341 e. The number of likely N-dealkylation sites (tertiary alicyclic amines) is 1. The third-order valence-electron chi connectivity index (χ3n) is 3.27. The van der Waals surface area contributed by atoms with Crippen molar-refractivity contribution < 1.29 is 9.59 Å². The number of rotatable bonds is 6. The molecule has 0 aromatic carbocycles. The molecular formula is C14H19N3O2S2. The maximum atomic E-state index is 12.2. The van der Waals surface area contributed by atoms with Crippen LogP contribution in [-0.2, 0) is 9.59 Å². The number of anilines is 1. The van der Waals surface area contributed by atoms with Crippen molar-refractivity contribution in [3.05, 3.63) is 24.2 Å². The highest BCUT2D eigenvalue weighted by Gasteiger charge is 2.28. The molecule has 21 heavy (non-hydrogen) atoms. The van der Waals surface area contributed by atoms with Gasteiger partial charge >= 0.3 is 0 Å². The minimum absolute atomic E-state index is 0.0406. The summed E-state index contributed by atoms with van der Waals surface area (Å²) in [5.41, 5.74) is 0. The normalized spacial score (nSPS) is 18.3. The number of nitrogens with zero attached hydrogens (tertiary/aromatic N) is 2. The zero-order valence-corrected chi connectivity index (χ0v) is 13.4. The van der Waals surface area contributed by atoms with Gasteiger partial charge in [-0.2, -0.15) is 0 Å². The van der Waals surface area contributed by atoms with Gasteiger partial charge in [-0.3, -0.25) is 9.59 Å². The van der Waals surface area contributed by atoms with Crippen LogP contribution in [0.5, 0.6) is 0 Å². The van der Waals surface area contributed by atoms with Crippen molar-refractivity contribution in [3.8, 4) is 0 Å². The molecule has 114 valence electrons. The molecule has 1 N–H and O–H groups in total. The predicted molar refractivity (Wildman–Crippen MR) is 87.6 cm³/mol. The second kappa shape index (κ2) is 8.19. The number of carbonyl (C=O) groups is 2. The van der Waals surface area contributed by atoms with Crippen LogP contribution in [-0.4, -0.2) is 46.3 Å². The first-order chi connectivity index (χ1) is 10.2. The Hall–Kier alpha value is -1.34. The number of piperidine rings is 1. The highest BCUT2D eigenvalue weighted by atomic mass is 32.2. The van der Waals surface area contributed by atoms with Gasteiger partial charge in [0.15, 0.2) is 5.13 Å². The van der Waals surface area contributed by atoms with Crippen molar-refractivity contribution in [1.82, 2.24) is 9.88 Å². The lowest BCUT2D eigenvalue weighted by molar-refractivity contribution is -0.132. The first-order valence-corrected chi connectivity index (χ1v) is 8.91. The highest BCUT2D eigenvalue weighted by molar-refractivity contribution is 8.00. The van der Waals surface area contributed by atoms with E-state index >= 15 is 0 Å². The summed E-state index contributed by atoms with van der Waals surface area (Å²) < 4.78 is 0.